The van der Waals surface area contributed by atoms with Gasteiger partial charge in [0.1, 0.15) is 5.82 Å². The smallest absolute Gasteiger partial charge is 0.225 e. The van der Waals surface area contributed by atoms with Crippen molar-refractivity contribution in [1.82, 2.24) is 15.5 Å². The molecule has 5 nitrogen and oxygen atoms in total. The van der Waals surface area contributed by atoms with Gasteiger partial charge in [0, 0.05) is 44.1 Å². The monoisotopic (exact) mass is 388 g/mol. The number of hydrogen-bond donors (Lipinski definition) is 2. The standard InChI is InChI=1S/C22H33FN4O/c1-22(2,17-9-6-10-18(23)13-17)15-25-21(24-3)26-19-11-12-27(14-19)20(28)16-7-4-5-8-16/h6,9-10,13,16,19H,4-5,7-8,11-12,14-15H2,1-3H3,(H2,24,25,26). The van der Waals surface area contributed by atoms with Gasteiger partial charge in [-0.3, -0.25) is 9.79 Å². The van der Waals surface area contributed by atoms with Gasteiger partial charge in [-0.25, -0.2) is 4.39 Å². The molecule has 1 aliphatic heterocycles. The highest BCUT2D eigenvalue weighted by atomic mass is 19.1. The van der Waals surface area contributed by atoms with Crippen LogP contribution in [0.3, 0.4) is 0 Å². The summed E-state index contributed by atoms with van der Waals surface area (Å²) in [7, 11) is 1.75. The molecule has 1 aromatic carbocycles. The number of nitrogens with one attached hydrogen (secondary N) is 2. The average Bonchev–Trinajstić information content (AvgIpc) is 3.36. The molecule has 1 saturated carbocycles. The number of likely N-dealkylation sites (tertiary alicyclic amines) is 1. The maximum atomic E-state index is 13.6. The van der Waals surface area contributed by atoms with E-state index in [9.17, 15) is 9.18 Å². The van der Waals surface area contributed by atoms with Crippen molar-refractivity contribution in [3.63, 3.8) is 0 Å². The van der Waals surface area contributed by atoms with Crippen LogP contribution in [0, 0.1) is 11.7 Å². The molecule has 3 rings (SSSR count). The summed E-state index contributed by atoms with van der Waals surface area (Å²) in [6.07, 6.45) is 5.40. The molecule has 1 aliphatic carbocycles. The maximum absolute atomic E-state index is 13.6. The summed E-state index contributed by atoms with van der Waals surface area (Å²) in [5, 5.41) is 6.81. The Bertz CT molecular complexity index is 712. The van der Waals surface area contributed by atoms with E-state index in [0.29, 0.717) is 12.5 Å². The predicted molar refractivity (Wildman–Crippen MR) is 111 cm³/mol. The van der Waals surface area contributed by atoms with Gasteiger partial charge in [0.2, 0.25) is 5.91 Å². The SMILES string of the molecule is CN=C(NCC(C)(C)c1cccc(F)c1)NC1CCN(C(=O)C2CCCC2)C1. The van der Waals surface area contributed by atoms with Crippen molar-refractivity contribution < 1.29 is 9.18 Å². The van der Waals surface area contributed by atoms with Crippen molar-refractivity contribution in [2.45, 2.75) is 57.4 Å². The Kier molecular flexibility index (Phi) is 6.57. The van der Waals surface area contributed by atoms with E-state index in [1.165, 1.54) is 18.9 Å². The number of nitrogens with zero attached hydrogens (tertiary/aromatic N) is 2. The molecule has 2 N–H and O–H groups in total. The first-order chi connectivity index (χ1) is 13.4. The third-order valence-corrected chi connectivity index (χ3v) is 6.07. The van der Waals surface area contributed by atoms with Crippen molar-refractivity contribution in [2.24, 2.45) is 10.9 Å². The molecule has 1 amide bonds. The van der Waals surface area contributed by atoms with Gasteiger partial charge in [0.15, 0.2) is 5.96 Å². The Morgan fingerprint density at radius 1 is 1.29 bits per heavy atom. The summed E-state index contributed by atoms with van der Waals surface area (Å²) < 4.78 is 13.6. The molecule has 0 radical (unpaired) electrons. The number of aliphatic imine (C=N–C) groups is 1. The van der Waals surface area contributed by atoms with Crippen LogP contribution in [0.5, 0.6) is 0 Å². The molecule has 2 fully saturated rings. The topological polar surface area (TPSA) is 56.7 Å². The number of carbonyl (C=O) groups excluding carboxylic acids is 1. The summed E-state index contributed by atoms with van der Waals surface area (Å²) in [6.45, 7) is 6.36. The van der Waals surface area contributed by atoms with E-state index in [1.807, 2.05) is 11.0 Å². The third kappa shape index (κ3) is 5.03. The highest BCUT2D eigenvalue weighted by Crippen LogP contribution is 2.28. The maximum Gasteiger partial charge on any atom is 0.225 e. The molecular weight excluding hydrogens is 355 g/mol. The van der Waals surface area contributed by atoms with E-state index in [1.54, 1.807) is 19.2 Å². The number of rotatable bonds is 5. The second kappa shape index (κ2) is 8.93. The van der Waals surface area contributed by atoms with Gasteiger partial charge in [0.25, 0.3) is 0 Å². The molecule has 1 aromatic rings. The summed E-state index contributed by atoms with van der Waals surface area (Å²) in [5.41, 5.74) is 0.713. The summed E-state index contributed by atoms with van der Waals surface area (Å²) in [4.78, 5) is 19.0. The van der Waals surface area contributed by atoms with Gasteiger partial charge in [-0.2, -0.15) is 0 Å². The molecule has 1 unspecified atom stereocenters. The van der Waals surface area contributed by atoms with E-state index in [4.69, 9.17) is 0 Å². The Morgan fingerprint density at radius 2 is 2.04 bits per heavy atom. The zero-order chi connectivity index (χ0) is 20.1. The quantitative estimate of drug-likeness (QED) is 0.602. The van der Waals surface area contributed by atoms with Crippen LogP contribution in [0.4, 0.5) is 4.39 Å². The Hall–Kier alpha value is -2.11. The van der Waals surface area contributed by atoms with E-state index < -0.39 is 0 Å². The van der Waals surface area contributed by atoms with Crippen molar-refractivity contribution in [3.8, 4) is 0 Å². The summed E-state index contributed by atoms with van der Waals surface area (Å²) >= 11 is 0. The van der Waals surface area contributed by atoms with Gasteiger partial charge < -0.3 is 15.5 Å². The summed E-state index contributed by atoms with van der Waals surface area (Å²) in [6, 6.07) is 6.96. The van der Waals surface area contributed by atoms with Crippen LogP contribution in [0.1, 0.15) is 51.5 Å². The predicted octanol–water partition coefficient (Wildman–Crippen LogP) is 3.06. The molecule has 2 aliphatic rings. The lowest BCUT2D eigenvalue weighted by molar-refractivity contribution is -0.134. The van der Waals surface area contributed by atoms with E-state index in [2.05, 4.69) is 29.5 Å². The minimum atomic E-state index is -0.236. The zero-order valence-electron chi connectivity index (χ0n) is 17.3. The van der Waals surface area contributed by atoms with Gasteiger partial charge in [-0.15, -0.1) is 0 Å². The number of carbonyl (C=O) groups is 1. The number of hydrogen-bond acceptors (Lipinski definition) is 2. The molecule has 1 heterocycles. The van der Waals surface area contributed by atoms with E-state index in [0.717, 1.165) is 43.9 Å². The zero-order valence-corrected chi connectivity index (χ0v) is 17.3. The first kappa shape index (κ1) is 20.6. The molecule has 1 atom stereocenters. The fraction of sp³-hybridized carbons (Fsp3) is 0.636. The first-order valence-corrected chi connectivity index (χ1v) is 10.4. The fourth-order valence-electron chi connectivity index (χ4n) is 4.21. The average molecular weight is 389 g/mol. The minimum absolute atomic E-state index is 0.217. The van der Waals surface area contributed by atoms with Crippen molar-refractivity contribution in [1.29, 1.82) is 0 Å². The lowest BCUT2D eigenvalue weighted by Crippen LogP contribution is -2.48. The molecule has 0 bridgehead atoms. The van der Waals surface area contributed by atoms with Gasteiger partial charge >= 0.3 is 0 Å². The van der Waals surface area contributed by atoms with Crippen LogP contribution in [0.15, 0.2) is 29.3 Å². The molecule has 0 aromatic heterocycles. The Labute approximate surface area is 167 Å². The normalized spacial score (nSPS) is 21.2. The van der Waals surface area contributed by atoms with Crippen LogP contribution < -0.4 is 10.6 Å². The number of guanidine groups is 1. The molecule has 6 heteroatoms. The molecule has 1 saturated heterocycles. The van der Waals surface area contributed by atoms with Crippen LogP contribution in [-0.4, -0.2) is 49.5 Å². The second-order valence-corrected chi connectivity index (χ2v) is 8.72. The number of halogens is 1. The largest absolute Gasteiger partial charge is 0.356 e. The third-order valence-electron chi connectivity index (χ3n) is 6.07. The van der Waals surface area contributed by atoms with Crippen LogP contribution in [-0.2, 0) is 10.2 Å². The molecule has 154 valence electrons. The Morgan fingerprint density at radius 3 is 2.71 bits per heavy atom. The van der Waals surface area contributed by atoms with Crippen LogP contribution in [0.2, 0.25) is 0 Å². The van der Waals surface area contributed by atoms with E-state index in [-0.39, 0.29) is 23.2 Å². The highest BCUT2D eigenvalue weighted by Gasteiger charge is 2.32. The highest BCUT2D eigenvalue weighted by molar-refractivity contribution is 5.81. The second-order valence-electron chi connectivity index (χ2n) is 8.72. The van der Waals surface area contributed by atoms with Crippen LogP contribution in [0.25, 0.3) is 0 Å². The molecule has 28 heavy (non-hydrogen) atoms. The number of benzene rings is 1. The van der Waals surface area contributed by atoms with Crippen molar-refractivity contribution in [3.05, 3.63) is 35.6 Å². The minimum Gasteiger partial charge on any atom is -0.356 e. The molecular formula is C22H33FN4O. The lowest BCUT2D eigenvalue weighted by Gasteiger charge is -2.27. The summed E-state index contributed by atoms with van der Waals surface area (Å²) in [5.74, 6) is 1.08. The van der Waals surface area contributed by atoms with Gasteiger partial charge in [-0.05, 0) is 37.0 Å². The fourth-order valence-corrected chi connectivity index (χ4v) is 4.21. The van der Waals surface area contributed by atoms with Gasteiger partial charge in [0.05, 0.1) is 0 Å². The van der Waals surface area contributed by atoms with Crippen molar-refractivity contribution in [2.75, 3.05) is 26.7 Å². The van der Waals surface area contributed by atoms with Crippen molar-refractivity contribution >= 4 is 11.9 Å². The first-order valence-electron chi connectivity index (χ1n) is 10.4. The molecule has 0 spiro atoms. The number of amides is 1. The van der Waals surface area contributed by atoms with Crippen LogP contribution >= 0.6 is 0 Å². The Balaban J connectivity index is 1.50. The van der Waals surface area contributed by atoms with Gasteiger partial charge in [-0.1, -0.05) is 38.8 Å². The van der Waals surface area contributed by atoms with E-state index >= 15 is 0 Å². The lowest BCUT2D eigenvalue weighted by atomic mass is 9.84.